The molecule has 0 aromatic carbocycles. The second kappa shape index (κ2) is 5.14. The minimum absolute atomic E-state index is 0.0647. The summed E-state index contributed by atoms with van der Waals surface area (Å²) in [6.07, 6.45) is 9.59. The van der Waals surface area contributed by atoms with Gasteiger partial charge in [0, 0.05) is 12.0 Å². The zero-order chi connectivity index (χ0) is 12.2. The lowest BCUT2D eigenvalue weighted by Gasteiger charge is -2.38. The third kappa shape index (κ3) is 3.08. The molecular weight excluding hydrogens is 198 g/mol. The summed E-state index contributed by atoms with van der Waals surface area (Å²) in [4.78, 5) is 0. The molecule has 16 heavy (non-hydrogen) atoms. The lowest BCUT2D eigenvalue weighted by atomic mass is 9.68. The predicted molar refractivity (Wildman–Crippen MR) is 65.5 cm³/mol. The van der Waals surface area contributed by atoms with Crippen LogP contribution in [0.15, 0.2) is 36.0 Å². The van der Waals surface area contributed by atoms with E-state index in [1.807, 2.05) is 25.1 Å². The second-order valence-electron chi connectivity index (χ2n) is 5.02. The zero-order valence-corrected chi connectivity index (χ0v) is 10.1. The van der Waals surface area contributed by atoms with E-state index < -0.39 is 0 Å². The molecule has 1 aliphatic rings. The van der Waals surface area contributed by atoms with E-state index in [0.29, 0.717) is 5.92 Å². The fourth-order valence-corrected chi connectivity index (χ4v) is 2.43. The Morgan fingerprint density at radius 1 is 1.50 bits per heavy atom. The van der Waals surface area contributed by atoms with E-state index >= 15 is 0 Å². The Morgan fingerprint density at radius 3 is 2.75 bits per heavy atom. The van der Waals surface area contributed by atoms with Crippen LogP contribution in [-0.2, 0) is 0 Å². The van der Waals surface area contributed by atoms with Crippen molar-refractivity contribution in [2.45, 2.75) is 33.3 Å². The minimum Gasteiger partial charge on any atom is -0.389 e. The highest BCUT2D eigenvalue weighted by molar-refractivity contribution is 5.23. The third-order valence-electron chi connectivity index (χ3n) is 3.11. The summed E-state index contributed by atoms with van der Waals surface area (Å²) in [6, 6.07) is 1.96. The Kier molecular flexibility index (Phi) is 4.09. The van der Waals surface area contributed by atoms with Crippen LogP contribution in [0.1, 0.15) is 27.2 Å². The lowest BCUT2D eigenvalue weighted by Crippen LogP contribution is -2.32. The van der Waals surface area contributed by atoms with Gasteiger partial charge in [-0.1, -0.05) is 43.7 Å². The molecule has 0 heterocycles. The van der Waals surface area contributed by atoms with Crippen LogP contribution in [0.3, 0.4) is 0 Å². The van der Waals surface area contributed by atoms with Crippen molar-refractivity contribution in [1.29, 1.82) is 5.26 Å². The van der Waals surface area contributed by atoms with Gasteiger partial charge in [-0.2, -0.15) is 5.26 Å². The smallest absolute Gasteiger partial charge is 0.0912 e. The van der Waals surface area contributed by atoms with Crippen molar-refractivity contribution >= 4 is 0 Å². The maximum absolute atomic E-state index is 9.69. The highest BCUT2D eigenvalue weighted by atomic mass is 16.3. The van der Waals surface area contributed by atoms with Crippen LogP contribution in [0.4, 0.5) is 0 Å². The molecule has 0 unspecified atom stereocenters. The molecule has 0 fully saturated rings. The van der Waals surface area contributed by atoms with Crippen molar-refractivity contribution in [2.75, 3.05) is 0 Å². The van der Waals surface area contributed by atoms with E-state index in [1.54, 1.807) is 6.08 Å². The maximum Gasteiger partial charge on any atom is 0.0912 e. The molecule has 2 nitrogen and oxygen atoms in total. The van der Waals surface area contributed by atoms with Gasteiger partial charge in [0.2, 0.25) is 0 Å². The van der Waals surface area contributed by atoms with E-state index in [2.05, 4.69) is 19.9 Å². The van der Waals surface area contributed by atoms with E-state index in [-0.39, 0.29) is 11.5 Å². The number of nitrogens with zero attached hydrogens (tertiary/aromatic N) is 1. The molecule has 1 rings (SSSR count). The molecule has 1 aliphatic carbocycles. The standard InChI is InChI=1S/C14H19NO/c1-11-9-12(16)10-14(2,3)13(11)7-5-4-6-8-15/h4-7,9,12-13,16H,10H2,1-3H3/t12-,13+/m1/s1. The first-order chi connectivity index (χ1) is 7.47. The van der Waals surface area contributed by atoms with Crippen LogP contribution in [0.5, 0.6) is 0 Å². The molecule has 0 saturated heterocycles. The summed E-state index contributed by atoms with van der Waals surface area (Å²) < 4.78 is 0. The van der Waals surface area contributed by atoms with Crippen LogP contribution in [-0.4, -0.2) is 11.2 Å². The second-order valence-corrected chi connectivity index (χ2v) is 5.02. The molecule has 0 amide bonds. The monoisotopic (exact) mass is 217 g/mol. The number of allylic oxidation sites excluding steroid dienone is 5. The third-order valence-corrected chi connectivity index (χ3v) is 3.11. The Bertz CT molecular complexity index is 369. The normalized spacial score (nSPS) is 29.3. The zero-order valence-electron chi connectivity index (χ0n) is 10.1. The van der Waals surface area contributed by atoms with Gasteiger partial charge < -0.3 is 5.11 Å². The van der Waals surface area contributed by atoms with Crippen molar-refractivity contribution in [2.24, 2.45) is 11.3 Å². The molecule has 0 aromatic rings. The molecule has 0 aliphatic heterocycles. The number of nitriles is 1. The van der Waals surface area contributed by atoms with Crippen LogP contribution in [0, 0.1) is 22.7 Å². The summed E-state index contributed by atoms with van der Waals surface area (Å²) in [5.74, 6) is 0.333. The van der Waals surface area contributed by atoms with E-state index in [0.717, 1.165) is 6.42 Å². The highest BCUT2D eigenvalue weighted by Gasteiger charge is 2.34. The fraction of sp³-hybridized carbons (Fsp3) is 0.500. The average molecular weight is 217 g/mol. The molecule has 0 saturated carbocycles. The molecular formula is C14H19NO. The quantitative estimate of drug-likeness (QED) is 0.439. The van der Waals surface area contributed by atoms with Crippen LogP contribution < -0.4 is 0 Å². The highest BCUT2D eigenvalue weighted by Crippen LogP contribution is 2.41. The first-order valence-electron chi connectivity index (χ1n) is 5.56. The first kappa shape index (κ1) is 12.7. The summed E-state index contributed by atoms with van der Waals surface area (Å²) >= 11 is 0. The lowest BCUT2D eigenvalue weighted by molar-refractivity contribution is 0.117. The first-order valence-corrected chi connectivity index (χ1v) is 5.56. The van der Waals surface area contributed by atoms with Crippen molar-refractivity contribution < 1.29 is 5.11 Å². The Labute approximate surface area is 97.6 Å². The number of hydrogen-bond donors (Lipinski definition) is 1. The largest absolute Gasteiger partial charge is 0.389 e. The molecule has 86 valence electrons. The van der Waals surface area contributed by atoms with Gasteiger partial charge in [-0.15, -0.1) is 0 Å². The summed E-state index contributed by atoms with van der Waals surface area (Å²) in [5, 5.41) is 18.1. The maximum atomic E-state index is 9.69. The molecule has 0 radical (unpaired) electrons. The Balaban J connectivity index is 2.85. The van der Waals surface area contributed by atoms with Crippen LogP contribution >= 0.6 is 0 Å². The fourth-order valence-electron chi connectivity index (χ4n) is 2.43. The van der Waals surface area contributed by atoms with Gasteiger partial charge in [-0.05, 0) is 18.8 Å². The summed E-state index contributed by atoms with van der Waals surface area (Å²) in [5.41, 5.74) is 1.26. The minimum atomic E-state index is -0.325. The number of hydrogen-bond acceptors (Lipinski definition) is 2. The van der Waals surface area contributed by atoms with Crippen molar-refractivity contribution in [3.8, 4) is 6.07 Å². The molecule has 1 N–H and O–H groups in total. The van der Waals surface area contributed by atoms with Crippen LogP contribution in [0.25, 0.3) is 0 Å². The van der Waals surface area contributed by atoms with Gasteiger partial charge >= 0.3 is 0 Å². The van der Waals surface area contributed by atoms with E-state index in [1.165, 1.54) is 11.6 Å². The number of aliphatic hydroxyl groups excluding tert-OH is 1. The van der Waals surface area contributed by atoms with Gasteiger partial charge in [-0.25, -0.2) is 0 Å². The van der Waals surface area contributed by atoms with Gasteiger partial charge in [0.05, 0.1) is 12.2 Å². The average Bonchev–Trinajstić information content (AvgIpc) is 2.14. The SMILES string of the molecule is CC1=C[C@@H](O)CC(C)(C)[C@H]1C=CC=CC#N. The Hall–Kier alpha value is -1.33. The van der Waals surface area contributed by atoms with Crippen molar-refractivity contribution in [3.05, 3.63) is 36.0 Å². The van der Waals surface area contributed by atoms with Gasteiger partial charge in [0.25, 0.3) is 0 Å². The molecule has 0 aromatic heterocycles. The molecule has 2 heteroatoms. The van der Waals surface area contributed by atoms with E-state index in [9.17, 15) is 5.11 Å². The Morgan fingerprint density at radius 2 is 2.19 bits per heavy atom. The molecule has 2 atom stereocenters. The van der Waals surface area contributed by atoms with Crippen molar-refractivity contribution in [1.82, 2.24) is 0 Å². The van der Waals surface area contributed by atoms with Crippen molar-refractivity contribution in [3.63, 3.8) is 0 Å². The van der Waals surface area contributed by atoms with Gasteiger partial charge in [0.15, 0.2) is 0 Å². The number of aliphatic hydroxyl groups is 1. The molecule has 0 bridgehead atoms. The predicted octanol–water partition coefficient (Wildman–Crippen LogP) is 2.98. The topological polar surface area (TPSA) is 44.0 Å². The summed E-state index contributed by atoms with van der Waals surface area (Å²) in [6.45, 7) is 6.37. The van der Waals surface area contributed by atoms with E-state index in [4.69, 9.17) is 5.26 Å². The molecule has 0 spiro atoms. The van der Waals surface area contributed by atoms with Crippen LogP contribution in [0.2, 0.25) is 0 Å². The summed E-state index contributed by atoms with van der Waals surface area (Å²) in [7, 11) is 0. The van der Waals surface area contributed by atoms with Gasteiger partial charge in [0.1, 0.15) is 0 Å². The van der Waals surface area contributed by atoms with Gasteiger partial charge in [-0.3, -0.25) is 0 Å². The number of rotatable bonds is 2.